The van der Waals surface area contributed by atoms with E-state index >= 15 is 0 Å². The van der Waals surface area contributed by atoms with E-state index in [4.69, 9.17) is 4.74 Å². The summed E-state index contributed by atoms with van der Waals surface area (Å²) >= 11 is 0. The van der Waals surface area contributed by atoms with Crippen molar-refractivity contribution in [3.63, 3.8) is 0 Å². The molecule has 0 amide bonds. The van der Waals surface area contributed by atoms with Gasteiger partial charge in [0.2, 0.25) is 5.95 Å². The standard InChI is InChI=1S/C25H24F4N8O2/c1-15(33-21-11-32-34-23(38)22(21)25(27,28)29)13-39-14-17-8-18-12-36(6-7-37(18)35-17)24-30-9-16(10-31-24)19-4-2-3-5-20(19)26/h2-5,8-11,15H,6-7,12-14H2,1H3,(H2,33,34,38)/t15-/m0/s1. The van der Waals surface area contributed by atoms with Crippen LogP contribution in [0.2, 0.25) is 0 Å². The summed E-state index contributed by atoms with van der Waals surface area (Å²) in [5.41, 5.74) is -0.437. The summed E-state index contributed by atoms with van der Waals surface area (Å²) in [4.78, 5) is 22.5. The molecule has 5 rings (SSSR count). The van der Waals surface area contributed by atoms with Crippen LogP contribution in [-0.2, 0) is 30.6 Å². The van der Waals surface area contributed by atoms with Crippen molar-refractivity contribution in [2.24, 2.45) is 0 Å². The van der Waals surface area contributed by atoms with Gasteiger partial charge < -0.3 is 15.0 Å². The molecule has 1 aliphatic heterocycles. The molecular formula is C25H24F4N8O2. The molecule has 0 unspecified atom stereocenters. The third-order valence-electron chi connectivity index (χ3n) is 6.11. The zero-order valence-corrected chi connectivity index (χ0v) is 20.7. The van der Waals surface area contributed by atoms with Gasteiger partial charge in [0, 0.05) is 36.1 Å². The van der Waals surface area contributed by atoms with Crippen LogP contribution in [0.5, 0.6) is 0 Å². The predicted molar refractivity (Wildman–Crippen MR) is 133 cm³/mol. The number of nitrogens with one attached hydrogen (secondary N) is 2. The Morgan fingerprint density at radius 2 is 1.92 bits per heavy atom. The maximum absolute atomic E-state index is 14.1. The summed E-state index contributed by atoms with van der Waals surface area (Å²) in [5, 5.41) is 12.4. The van der Waals surface area contributed by atoms with Crippen LogP contribution in [0.4, 0.5) is 29.2 Å². The van der Waals surface area contributed by atoms with Crippen LogP contribution in [0.25, 0.3) is 11.1 Å². The SMILES string of the molecule is C[C@@H](COCc1cc2n(n1)CCN(c1ncc(-c3ccccc3F)cn1)C2)Nc1cn[nH]c(=O)c1C(F)(F)F. The first kappa shape index (κ1) is 26.3. The highest BCUT2D eigenvalue weighted by molar-refractivity contribution is 5.62. The first-order valence-electron chi connectivity index (χ1n) is 12.1. The van der Waals surface area contributed by atoms with Gasteiger partial charge in [-0.25, -0.2) is 19.5 Å². The van der Waals surface area contributed by atoms with Gasteiger partial charge in [0.05, 0.1) is 49.6 Å². The quantitative estimate of drug-likeness (QED) is 0.324. The zero-order chi connectivity index (χ0) is 27.6. The Kier molecular flexibility index (Phi) is 7.28. The van der Waals surface area contributed by atoms with E-state index in [0.717, 1.165) is 11.9 Å². The van der Waals surface area contributed by atoms with Crippen LogP contribution >= 0.6 is 0 Å². The molecule has 4 aromatic rings. The largest absolute Gasteiger partial charge is 0.423 e. The van der Waals surface area contributed by atoms with Crippen molar-refractivity contribution in [2.75, 3.05) is 23.4 Å². The smallest absolute Gasteiger partial charge is 0.378 e. The van der Waals surface area contributed by atoms with Gasteiger partial charge in [-0.2, -0.15) is 23.4 Å². The van der Waals surface area contributed by atoms with E-state index in [-0.39, 0.29) is 19.0 Å². The fourth-order valence-corrected chi connectivity index (χ4v) is 4.32. The number of alkyl halides is 3. The van der Waals surface area contributed by atoms with Gasteiger partial charge >= 0.3 is 6.18 Å². The van der Waals surface area contributed by atoms with E-state index in [1.807, 2.05) is 15.6 Å². The Morgan fingerprint density at radius 3 is 2.67 bits per heavy atom. The monoisotopic (exact) mass is 544 g/mol. The molecule has 0 bridgehead atoms. The van der Waals surface area contributed by atoms with Crippen LogP contribution in [0.15, 0.2) is 53.7 Å². The zero-order valence-electron chi connectivity index (χ0n) is 20.7. The first-order chi connectivity index (χ1) is 18.7. The maximum Gasteiger partial charge on any atom is 0.423 e. The molecule has 0 saturated carbocycles. The highest BCUT2D eigenvalue weighted by atomic mass is 19.4. The minimum atomic E-state index is -4.82. The lowest BCUT2D eigenvalue weighted by molar-refractivity contribution is -0.138. The molecule has 1 aromatic carbocycles. The van der Waals surface area contributed by atoms with Gasteiger partial charge in [-0.3, -0.25) is 9.48 Å². The van der Waals surface area contributed by atoms with E-state index < -0.39 is 29.0 Å². The van der Waals surface area contributed by atoms with Crippen molar-refractivity contribution >= 4 is 11.6 Å². The average molecular weight is 545 g/mol. The molecule has 10 nitrogen and oxygen atoms in total. The van der Waals surface area contributed by atoms with Crippen LogP contribution in [-0.4, -0.2) is 49.1 Å². The summed E-state index contributed by atoms with van der Waals surface area (Å²) in [5.74, 6) is 0.182. The van der Waals surface area contributed by atoms with Gasteiger partial charge in [0.1, 0.15) is 11.4 Å². The first-order valence-corrected chi connectivity index (χ1v) is 12.1. The van der Waals surface area contributed by atoms with Crippen molar-refractivity contribution in [3.05, 3.63) is 82.0 Å². The molecule has 1 aliphatic rings. The number of aromatic nitrogens is 6. The van der Waals surface area contributed by atoms with Gasteiger partial charge in [0.15, 0.2) is 0 Å². The minimum Gasteiger partial charge on any atom is -0.378 e. The number of rotatable bonds is 8. The highest BCUT2D eigenvalue weighted by Crippen LogP contribution is 2.31. The predicted octanol–water partition coefficient (Wildman–Crippen LogP) is 3.62. The van der Waals surface area contributed by atoms with Crippen molar-refractivity contribution in [3.8, 4) is 11.1 Å². The Bertz CT molecular complexity index is 1500. The van der Waals surface area contributed by atoms with Crippen LogP contribution in [0.3, 0.4) is 0 Å². The molecule has 39 heavy (non-hydrogen) atoms. The topological polar surface area (TPSA) is 114 Å². The molecular weight excluding hydrogens is 520 g/mol. The van der Waals surface area contributed by atoms with Crippen molar-refractivity contribution in [1.82, 2.24) is 29.9 Å². The normalized spacial score (nSPS) is 14.2. The molecule has 14 heteroatoms. The van der Waals surface area contributed by atoms with E-state index in [0.29, 0.717) is 42.4 Å². The van der Waals surface area contributed by atoms with Crippen molar-refractivity contribution in [1.29, 1.82) is 0 Å². The summed E-state index contributed by atoms with van der Waals surface area (Å²) in [6, 6.07) is 7.80. The molecule has 1 atom stereocenters. The van der Waals surface area contributed by atoms with Crippen LogP contribution < -0.4 is 15.8 Å². The number of H-pyrrole nitrogens is 1. The van der Waals surface area contributed by atoms with E-state index in [9.17, 15) is 22.4 Å². The third-order valence-corrected chi connectivity index (χ3v) is 6.11. The number of ether oxygens (including phenoxy) is 1. The van der Waals surface area contributed by atoms with Crippen LogP contribution in [0.1, 0.15) is 23.9 Å². The Morgan fingerprint density at radius 1 is 1.15 bits per heavy atom. The third kappa shape index (κ3) is 5.90. The molecule has 0 radical (unpaired) electrons. The number of aromatic amines is 1. The second kappa shape index (κ2) is 10.8. The molecule has 0 spiro atoms. The Balaban J connectivity index is 1.16. The number of fused-ring (bicyclic) bond motifs is 1. The lowest BCUT2D eigenvalue weighted by Gasteiger charge is -2.27. The minimum absolute atomic E-state index is 0.0701. The Labute approximate surface area is 219 Å². The lowest BCUT2D eigenvalue weighted by Crippen LogP contribution is -2.34. The van der Waals surface area contributed by atoms with Crippen molar-refractivity contribution in [2.45, 2.75) is 38.8 Å². The second-order valence-corrected chi connectivity index (χ2v) is 9.07. The number of nitrogens with zero attached hydrogens (tertiary/aromatic N) is 6. The van der Waals surface area contributed by atoms with Gasteiger partial charge in [-0.05, 0) is 19.1 Å². The number of anilines is 2. The van der Waals surface area contributed by atoms with Crippen molar-refractivity contribution < 1.29 is 22.3 Å². The summed E-state index contributed by atoms with van der Waals surface area (Å²) in [7, 11) is 0. The van der Waals surface area contributed by atoms with Gasteiger partial charge in [-0.15, -0.1) is 0 Å². The summed E-state index contributed by atoms with van der Waals surface area (Å²) in [6.07, 6.45) is -0.705. The van der Waals surface area contributed by atoms with E-state index in [1.165, 1.54) is 6.07 Å². The van der Waals surface area contributed by atoms with E-state index in [2.05, 4.69) is 25.5 Å². The fraction of sp³-hybridized carbons (Fsp3) is 0.320. The Hall–Kier alpha value is -4.33. The number of hydrogen-bond donors (Lipinski definition) is 2. The highest BCUT2D eigenvalue weighted by Gasteiger charge is 2.37. The van der Waals surface area contributed by atoms with Crippen LogP contribution in [0, 0.1) is 5.82 Å². The lowest BCUT2D eigenvalue weighted by atomic mass is 10.1. The molecule has 4 heterocycles. The van der Waals surface area contributed by atoms with Gasteiger partial charge in [-0.1, -0.05) is 18.2 Å². The number of benzene rings is 1. The molecule has 3 aromatic heterocycles. The average Bonchev–Trinajstić information content (AvgIpc) is 3.30. The summed E-state index contributed by atoms with van der Waals surface area (Å²) in [6.45, 7) is 3.59. The van der Waals surface area contributed by atoms with Gasteiger partial charge in [0.25, 0.3) is 5.56 Å². The molecule has 0 fully saturated rings. The molecule has 204 valence electrons. The number of halogens is 4. The number of hydrogen-bond acceptors (Lipinski definition) is 8. The summed E-state index contributed by atoms with van der Waals surface area (Å²) < 4.78 is 61.3. The maximum atomic E-state index is 14.1. The molecule has 0 saturated heterocycles. The fourth-order valence-electron chi connectivity index (χ4n) is 4.32. The molecule has 2 N–H and O–H groups in total. The van der Waals surface area contributed by atoms with E-state index in [1.54, 1.807) is 42.6 Å². The molecule has 0 aliphatic carbocycles. The second-order valence-electron chi connectivity index (χ2n) is 9.07.